The molecule has 0 saturated heterocycles. The average molecular weight is 583 g/mol. The molecule has 2 amide bonds. The highest BCUT2D eigenvalue weighted by Crippen LogP contribution is 2.61. The summed E-state index contributed by atoms with van der Waals surface area (Å²) < 4.78 is 25.7. The summed E-state index contributed by atoms with van der Waals surface area (Å²) in [5, 5.41) is 0. The number of benzene rings is 1. The van der Waals surface area contributed by atoms with Crippen molar-refractivity contribution in [2.45, 2.75) is 25.3 Å². The molecule has 0 N–H and O–H groups in total. The molecule has 1 fully saturated rings. The molecule has 12 heteroatoms. The van der Waals surface area contributed by atoms with Gasteiger partial charge in [0.05, 0.1) is 18.9 Å². The van der Waals surface area contributed by atoms with E-state index in [0.717, 1.165) is 6.08 Å². The Morgan fingerprint density at radius 1 is 1.14 bits per heavy atom. The van der Waals surface area contributed by atoms with Gasteiger partial charge >= 0.3 is 24.2 Å². The van der Waals surface area contributed by atoms with Gasteiger partial charge in [0.25, 0.3) is 0 Å². The van der Waals surface area contributed by atoms with Crippen LogP contribution >= 0.6 is 0 Å². The van der Waals surface area contributed by atoms with Gasteiger partial charge in [0.2, 0.25) is 5.91 Å². The summed E-state index contributed by atoms with van der Waals surface area (Å²) >= 11 is 0. The van der Waals surface area contributed by atoms with Crippen LogP contribution in [0.3, 0.4) is 0 Å². The third-order valence-corrected chi connectivity index (χ3v) is 7.81. The van der Waals surface area contributed by atoms with Crippen LogP contribution in [0.2, 0.25) is 0 Å². The van der Waals surface area contributed by atoms with Crippen LogP contribution in [-0.4, -0.2) is 81.7 Å². The van der Waals surface area contributed by atoms with Crippen molar-refractivity contribution in [3.8, 4) is 0 Å². The number of ether oxygens (including phenoxy) is 5. The van der Waals surface area contributed by atoms with Crippen molar-refractivity contribution in [1.29, 1.82) is 0 Å². The third kappa shape index (κ3) is 5.29. The van der Waals surface area contributed by atoms with Crippen molar-refractivity contribution in [2.75, 3.05) is 45.6 Å². The summed E-state index contributed by atoms with van der Waals surface area (Å²) in [5.41, 5.74) is 0.298. The van der Waals surface area contributed by atoms with Gasteiger partial charge < -0.3 is 28.6 Å². The lowest BCUT2D eigenvalue weighted by molar-refractivity contribution is -0.143. The second kappa shape index (κ2) is 12.6. The van der Waals surface area contributed by atoms with Gasteiger partial charge in [-0.3, -0.25) is 14.5 Å². The van der Waals surface area contributed by atoms with Crippen LogP contribution < -0.4 is 4.90 Å². The summed E-state index contributed by atoms with van der Waals surface area (Å²) in [6.07, 6.45) is 4.29. The number of hydrogen-bond donors (Lipinski definition) is 0. The monoisotopic (exact) mass is 582 g/mol. The summed E-state index contributed by atoms with van der Waals surface area (Å²) in [6.45, 7) is 6.21. The molecule has 1 aromatic carbocycles. The Bertz CT molecular complexity index is 1340. The van der Waals surface area contributed by atoms with E-state index in [-0.39, 0.29) is 32.5 Å². The Kier molecular flexibility index (Phi) is 9.15. The second-order valence-electron chi connectivity index (χ2n) is 10.1. The smallest absolute Gasteiger partial charge is 0.465 e. The van der Waals surface area contributed by atoms with Crippen molar-refractivity contribution in [3.63, 3.8) is 0 Å². The van der Waals surface area contributed by atoms with Crippen molar-refractivity contribution < 1.29 is 47.7 Å². The normalized spacial score (nSPS) is 26.1. The molecule has 2 bridgehead atoms. The molecule has 2 aliphatic carbocycles. The van der Waals surface area contributed by atoms with Gasteiger partial charge in [-0.05, 0) is 24.1 Å². The molecule has 0 aromatic heterocycles. The highest BCUT2D eigenvalue weighted by molar-refractivity contribution is 6.10. The summed E-state index contributed by atoms with van der Waals surface area (Å²) in [7, 11) is 3.00. The summed E-state index contributed by atoms with van der Waals surface area (Å²) in [5.74, 6) is -3.87. The van der Waals surface area contributed by atoms with Crippen molar-refractivity contribution in [2.24, 2.45) is 17.8 Å². The average Bonchev–Trinajstić information content (AvgIpc) is 3.30. The van der Waals surface area contributed by atoms with Crippen LogP contribution in [0.15, 0.2) is 60.7 Å². The first-order chi connectivity index (χ1) is 20.1. The van der Waals surface area contributed by atoms with Gasteiger partial charge in [0.1, 0.15) is 18.8 Å². The lowest BCUT2D eigenvalue weighted by Crippen LogP contribution is -2.54. The van der Waals surface area contributed by atoms with Crippen LogP contribution in [0.4, 0.5) is 15.3 Å². The number of fused-ring (bicyclic) bond motifs is 5. The molecule has 5 atom stereocenters. The summed E-state index contributed by atoms with van der Waals surface area (Å²) in [4.78, 5) is 67.4. The number of nitrogens with zero attached hydrogens (tertiary/aromatic N) is 2. The fourth-order valence-corrected chi connectivity index (χ4v) is 6.34. The Morgan fingerprint density at radius 2 is 1.88 bits per heavy atom. The van der Waals surface area contributed by atoms with E-state index in [1.807, 2.05) is 6.07 Å². The predicted molar refractivity (Wildman–Crippen MR) is 148 cm³/mol. The predicted octanol–water partition coefficient (Wildman–Crippen LogP) is 3.12. The number of hydrogen-bond acceptors (Lipinski definition) is 10. The van der Waals surface area contributed by atoms with Crippen LogP contribution in [0.25, 0.3) is 0 Å². The number of para-hydroxylation sites is 1. The molecule has 1 spiro atoms. The zero-order valence-electron chi connectivity index (χ0n) is 23.9. The highest BCUT2D eigenvalue weighted by atomic mass is 16.7. The molecule has 4 rings (SSSR count). The van der Waals surface area contributed by atoms with Crippen molar-refractivity contribution >= 4 is 35.8 Å². The fraction of sp³-hybridized carbons (Fsp3) is 0.433. The van der Waals surface area contributed by atoms with E-state index in [1.54, 1.807) is 37.3 Å². The molecule has 0 radical (unpaired) electrons. The Morgan fingerprint density at radius 3 is 2.55 bits per heavy atom. The standard InChI is InChI=1S/C30H34N2O10/c1-6-14-40-28(36)31(4)26-21(16-41-18(3)33)19-12-13-30(25(26)20(19)15-24(34)42-29(37)39-7-2)22-10-8-9-11-23(22)32(17-38-5)27(30)35/h6,8-13,15,19,21,25-26H,1,7,14,16-17H2,2-5H3/b20-15-/t19-,21-,25+,26+,30+/m0/s1. The Balaban J connectivity index is 1.93. The van der Waals surface area contributed by atoms with Crippen molar-refractivity contribution in [3.05, 3.63) is 66.3 Å². The maximum absolute atomic E-state index is 14.4. The van der Waals surface area contributed by atoms with Gasteiger partial charge in [0, 0.05) is 51.0 Å². The van der Waals surface area contributed by atoms with E-state index >= 15 is 0 Å². The minimum Gasteiger partial charge on any atom is -0.465 e. The number of amides is 2. The van der Waals surface area contributed by atoms with Crippen LogP contribution in [0, 0.1) is 17.8 Å². The van der Waals surface area contributed by atoms with Gasteiger partial charge in [-0.25, -0.2) is 14.4 Å². The molecule has 12 nitrogen and oxygen atoms in total. The minimum atomic E-state index is -1.38. The molecular formula is C30H34N2O10. The molecule has 3 aliphatic rings. The fourth-order valence-electron chi connectivity index (χ4n) is 6.34. The molecule has 1 aromatic rings. The maximum Gasteiger partial charge on any atom is 0.516 e. The largest absolute Gasteiger partial charge is 0.516 e. The van der Waals surface area contributed by atoms with Gasteiger partial charge in [-0.15, -0.1) is 0 Å². The third-order valence-electron chi connectivity index (χ3n) is 7.81. The van der Waals surface area contributed by atoms with Crippen molar-refractivity contribution in [1.82, 2.24) is 4.90 Å². The second-order valence-corrected chi connectivity index (χ2v) is 10.1. The molecule has 1 saturated carbocycles. The number of carbonyl (C=O) groups is 5. The van der Waals surface area contributed by atoms with E-state index in [4.69, 9.17) is 23.7 Å². The van der Waals surface area contributed by atoms with E-state index in [0.29, 0.717) is 16.8 Å². The molecular weight excluding hydrogens is 548 g/mol. The zero-order valence-corrected chi connectivity index (χ0v) is 23.9. The van der Waals surface area contributed by atoms with E-state index in [1.165, 1.54) is 37.0 Å². The number of esters is 2. The molecule has 0 unspecified atom stereocenters. The number of methoxy groups -OCH3 is 1. The quantitative estimate of drug-likeness (QED) is 0.140. The van der Waals surface area contributed by atoms with E-state index in [2.05, 4.69) is 6.58 Å². The molecule has 1 heterocycles. The number of allylic oxidation sites excluding steroid dienone is 1. The molecule has 224 valence electrons. The minimum absolute atomic E-state index is 0.00452. The first-order valence-electron chi connectivity index (χ1n) is 13.5. The number of anilines is 1. The Hall–Kier alpha value is -4.45. The van der Waals surface area contributed by atoms with E-state index < -0.39 is 53.4 Å². The maximum atomic E-state index is 14.4. The highest BCUT2D eigenvalue weighted by Gasteiger charge is 2.65. The van der Waals surface area contributed by atoms with E-state index in [9.17, 15) is 24.0 Å². The first-order valence-corrected chi connectivity index (χ1v) is 13.5. The number of carbonyl (C=O) groups excluding carboxylic acids is 5. The van der Waals surface area contributed by atoms with Crippen LogP contribution in [0.5, 0.6) is 0 Å². The van der Waals surface area contributed by atoms with Crippen LogP contribution in [0.1, 0.15) is 19.4 Å². The number of rotatable bonds is 9. The first kappa shape index (κ1) is 30.5. The topological polar surface area (TPSA) is 138 Å². The Labute approximate surface area is 243 Å². The van der Waals surface area contributed by atoms with Crippen LogP contribution in [-0.2, 0) is 43.5 Å². The summed E-state index contributed by atoms with van der Waals surface area (Å²) in [6, 6.07) is 6.40. The van der Waals surface area contributed by atoms with Gasteiger partial charge in [-0.1, -0.05) is 43.0 Å². The molecule has 1 aliphatic heterocycles. The zero-order chi connectivity index (χ0) is 30.6. The lowest BCUT2D eigenvalue weighted by Gasteiger charge is -2.41. The van der Waals surface area contributed by atoms with Gasteiger partial charge in [-0.2, -0.15) is 0 Å². The molecule has 42 heavy (non-hydrogen) atoms. The SMILES string of the molecule is C=CCOC(=O)N(C)[C@@H]1[C@@H](COC(C)=O)[C@H]2C=C[C@]3(C(=O)N(COC)c4ccccc43)[C@@H]1/C2=C\C(=O)OC(=O)OCC. The van der Waals surface area contributed by atoms with Gasteiger partial charge in [0.15, 0.2) is 0 Å². The lowest BCUT2D eigenvalue weighted by atomic mass is 9.64.